The van der Waals surface area contributed by atoms with E-state index in [1.807, 2.05) is 0 Å². The fourth-order valence-electron chi connectivity index (χ4n) is 2.20. The van der Waals surface area contributed by atoms with Gasteiger partial charge in [0.25, 0.3) is 0 Å². The first-order valence-corrected chi connectivity index (χ1v) is 7.63. The largest absolute Gasteiger partial charge is 0.393 e. The molecule has 0 aliphatic carbocycles. The topological polar surface area (TPSA) is 20.2 Å². The van der Waals surface area contributed by atoms with E-state index in [9.17, 15) is 9.50 Å². The molecule has 0 saturated heterocycles. The molecular formula is C16H24ClFO. The van der Waals surface area contributed by atoms with Crippen LogP contribution < -0.4 is 0 Å². The molecule has 0 fully saturated rings. The highest BCUT2D eigenvalue weighted by Gasteiger charge is 2.09. The lowest BCUT2D eigenvalue weighted by molar-refractivity contribution is 0.159. The van der Waals surface area contributed by atoms with Crippen molar-refractivity contribution >= 4 is 11.6 Å². The number of hydrogen-bond acceptors (Lipinski definition) is 1. The second-order valence-electron chi connectivity index (χ2n) is 5.15. The third-order valence-corrected chi connectivity index (χ3v) is 3.60. The van der Waals surface area contributed by atoms with Crippen molar-refractivity contribution in [3.63, 3.8) is 0 Å². The Bertz CT molecular complexity index is 368. The fraction of sp³-hybridized carbons (Fsp3) is 0.625. The summed E-state index contributed by atoms with van der Waals surface area (Å²) in [6.07, 6.45) is 7.87. The van der Waals surface area contributed by atoms with Crippen molar-refractivity contribution in [3.8, 4) is 0 Å². The van der Waals surface area contributed by atoms with Gasteiger partial charge in [-0.25, -0.2) is 4.39 Å². The number of hydrogen-bond donors (Lipinski definition) is 1. The Hall–Kier alpha value is -0.600. The molecule has 0 saturated carbocycles. The molecule has 1 unspecified atom stereocenters. The molecule has 19 heavy (non-hydrogen) atoms. The Morgan fingerprint density at radius 2 is 1.84 bits per heavy atom. The van der Waals surface area contributed by atoms with E-state index in [-0.39, 0.29) is 5.82 Å². The van der Waals surface area contributed by atoms with Crippen LogP contribution in [0.1, 0.15) is 57.4 Å². The standard InChI is InChI=1S/C16H24ClFO/c1-2-3-4-5-6-7-8-15(19)11-13-9-10-14(17)12-16(13)18/h9-10,12,15,19H,2-8,11H2,1H3. The third kappa shape index (κ3) is 6.93. The van der Waals surface area contributed by atoms with Gasteiger partial charge in [-0.1, -0.05) is 63.1 Å². The first-order chi connectivity index (χ1) is 9.13. The van der Waals surface area contributed by atoms with E-state index in [0.717, 1.165) is 19.3 Å². The van der Waals surface area contributed by atoms with Gasteiger partial charge in [-0.05, 0) is 24.1 Å². The Balaban J connectivity index is 2.21. The summed E-state index contributed by atoms with van der Waals surface area (Å²) in [6, 6.07) is 4.62. The van der Waals surface area contributed by atoms with E-state index >= 15 is 0 Å². The van der Waals surface area contributed by atoms with Crippen LogP contribution >= 0.6 is 11.6 Å². The average molecular weight is 287 g/mol. The van der Waals surface area contributed by atoms with Crippen LogP contribution in [0.5, 0.6) is 0 Å². The van der Waals surface area contributed by atoms with E-state index in [4.69, 9.17) is 11.6 Å². The number of halogens is 2. The Morgan fingerprint density at radius 1 is 1.16 bits per heavy atom. The summed E-state index contributed by atoms with van der Waals surface area (Å²) < 4.78 is 13.5. The normalized spacial score (nSPS) is 12.6. The monoisotopic (exact) mass is 286 g/mol. The molecule has 0 aliphatic rings. The highest BCUT2D eigenvalue weighted by Crippen LogP contribution is 2.18. The van der Waals surface area contributed by atoms with Crippen molar-refractivity contribution in [2.45, 2.75) is 64.4 Å². The van der Waals surface area contributed by atoms with Gasteiger partial charge in [0, 0.05) is 11.4 Å². The second kappa shape index (κ2) is 9.33. The number of aliphatic hydroxyl groups is 1. The third-order valence-electron chi connectivity index (χ3n) is 3.36. The van der Waals surface area contributed by atoms with Gasteiger partial charge < -0.3 is 5.11 Å². The van der Waals surface area contributed by atoms with Crippen LogP contribution in [0.4, 0.5) is 4.39 Å². The van der Waals surface area contributed by atoms with E-state index in [1.165, 1.54) is 31.7 Å². The van der Waals surface area contributed by atoms with E-state index in [2.05, 4.69) is 6.92 Å². The minimum atomic E-state index is -0.457. The minimum absolute atomic E-state index is 0.325. The predicted octanol–water partition coefficient (Wildman–Crippen LogP) is 5.13. The van der Waals surface area contributed by atoms with Gasteiger partial charge in [0.1, 0.15) is 5.82 Å². The number of benzene rings is 1. The van der Waals surface area contributed by atoms with Crippen molar-refractivity contribution in [2.24, 2.45) is 0 Å². The van der Waals surface area contributed by atoms with E-state index < -0.39 is 6.10 Å². The smallest absolute Gasteiger partial charge is 0.127 e. The molecule has 1 aromatic carbocycles. The highest BCUT2D eigenvalue weighted by atomic mass is 35.5. The van der Waals surface area contributed by atoms with Gasteiger partial charge in [-0.3, -0.25) is 0 Å². The summed E-state index contributed by atoms with van der Waals surface area (Å²) in [6.45, 7) is 2.20. The molecule has 1 N–H and O–H groups in total. The maximum absolute atomic E-state index is 13.5. The zero-order valence-corrected chi connectivity index (χ0v) is 12.4. The average Bonchev–Trinajstić information content (AvgIpc) is 2.37. The quantitative estimate of drug-likeness (QED) is 0.624. The van der Waals surface area contributed by atoms with Crippen molar-refractivity contribution in [3.05, 3.63) is 34.6 Å². The molecule has 0 spiro atoms. The summed E-state index contributed by atoms with van der Waals surface area (Å²) in [5, 5.41) is 10.3. The van der Waals surface area contributed by atoms with Gasteiger partial charge in [-0.2, -0.15) is 0 Å². The van der Waals surface area contributed by atoms with Gasteiger partial charge in [-0.15, -0.1) is 0 Å². The van der Waals surface area contributed by atoms with Gasteiger partial charge >= 0.3 is 0 Å². The van der Waals surface area contributed by atoms with Crippen LogP contribution in [-0.4, -0.2) is 11.2 Å². The first-order valence-electron chi connectivity index (χ1n) is 7.25. The zero-order valence-electron chi connectivity index (χ0n) is 11.7. The maximum Gasteiger partial charge on any atom is 0.127 e. The first kappa shape index (κ1) is 16.5. The molecule has 0 heterocycles. The number of aliphatic hydroxyl groups excluding tert-OH is 1. The molecule has 1 aromatic rings. The van der Waals surface area contributed by atoms with Crippen LogP contribution in [-0.2, 0) is 6.42 Å². The summed E-state index contributed by atoms with van der Waals surface area (Å²) in [7, 11) is 0. The highest BCUT2D eigenvalue weighted by molar-refractivity contribution is 6.30. The minimum Gasteiger partial charge on any atom is -0.393 e. The SMILES string of the molecule is CCCCCCCCC(O)Cc1ccc(Cl)cc1F. The summed E-state index contributed by atoms with van der Waals surface area (Å²) in [4.78, 5) is 0. The lowest BCUT2D eigenvalue weighted by Crippen LogP contribution is -2.11. The molecule has 1 atom stereocenters. The number of rotatable bonds is 9. The van der Waals surface area contributed by atoms with Crippen molar-refractivity contribution in [2.75, 3.05) is 0 Å². The molecule has 0 aliphatic heterocycles. The molecular weight excluding hydrogens is 263 g/mol. The van der Waals surface area contributed by atoms with E-state index in [0.29, 0.717) is 17.0 Å². The number of unbranched alkanes of at least 4 members (excludes halogenated alkanes) is 5. The molecule has 3 heteroatoms. The summed E-state index contributed by atoms with van der Waals surface area (Å²) in [5.41, 5.74) is 0.544. The van der Waals surface area contributed by atoms with Crippen LogP contribution in [0, 0.1) is 5.82 Å². The van der Waals surface area contributed by atoms with E-state index in [1.54, 1.807) is 12.1 Å². The molecule has 0 bridgehead atoms. The molecule has 0 radical (unpaired) electrons. The van der Waals surface area contributed by atoms with Crippen LogP contribution in [0.3, 0.4) is 0 Å². The van der Waals surface area contributed by atoms with Gasteiger partial charge in [0.2, 0.25) is 0 Å². The van der Waals surface area contributed by atoms with Crippen molar-refractivity contribution in [1.82, 2.24) is 0 Å². The second-order valence-corrected chi connectivity index (χ2v) is 5.59. The fourth-order valence-corrected chi connectivity index (χ4v) is 2.36. The lowest BCUT2D eigenvalue weighted by atomic mass is 10.0. The van der Waals surface area contributed by atoms with Crippen molar-refractivity contribution in [1.29, 1.82) is 0 Å². The van der Waals surface area contributed by atoms with Crippen molar-refractivity contribution < 1.29 is 9.50 Å². The maximum atomic E-state index is 13.5. The lowest BCUT2D eigenvalue weighted by Gasteiger charge is -2.11. The summed E-state index contributed by atoms with van der Waals surface area (Å²) in [5.74, 6) is -0.325. The van der Waals surface area contributed by atoms with Crippen LogP contribution in [0.25, 0.3) is 0 Å². The Morgan fingerprint density at radius 3 is 2.53 bits per heavy atom. The van der Waals surface area contributed by atoms with Gasteiger partial charge in [0.05, 0.1) is 6.10 Å². The zero-order chi connectivity index (χ0) is 14.1. The summed E-state index contributed by atoms with van der Waals surface area (Å²) >= 11 is 5.70. The van der Waals surface area contributed by atoms with Crippen LogP contribution in [0.2, 0.25) is 5.02 Å². The molecule has 1 nitrogen and oxygen atoms in total. The molecule has 0 amide bonds. The Labute approximate surface area is 120 Å². The van der Waals surface area contributed by atoms with Gasteiger partial charge in [0.15, 0.2) is 0 Å². The molecule has 0 aromatic heterocycles. The van der Waals surface area contributed by atoms with Crippen LogP contribution in [0.15, 0.2) is 18.2 Å². The molecule has 1 rings (SSSR count). The predicted molar refractivity (Wildman–Crippen MR) is 79.1 cm³/mol. The Kier molecular flexibility index (Phi) is 8.08. The molecule has 108 valence electrons.